The highest BCUT2D eigenvalue weighted by Gasteiger charge is 2.19. The molecule has 0 aliphatic rings. The van der Waals surface area contributed by atoms with Crippen LogP contribution >= 0.6 is 0 Å². The Morgan fingerprint density at radius 1 is 0.966 bits per heavy atom. The van der Waals surface area contributed by atoms with Crippen LogP contribution in [-0.4, -0.2) is 37.5 Å². The van der Waals surface area contributed by atoms with Crippen molar-refractivity contribution in [2.45, 2.75) is 45.1 Å². The van der Waals surface area contributed by atoms with Crippen molar-refractivity contribution in [3.8, 4) is 0 Å². The first-order chi connectivity index (χ1) is 13.7. The third-order valence-electron chi connectivity index (χ3n) is 4.90. The van der Waals surface area contributed by atoms with E-state index in [1.54, 1.807) is 14.1 Å². The molecule has 0 saturated carbocycles. The van der Waals surface area contributed by atoms with Gasteiger partial charge in [0.1, 0.15) is 0 Å². The van der Waals surface area contributed by atoms with Gasteiger partial charge >= 0.3 is 6.03 Å². The Kier molecular flexibility index (Phi) is 7.82. The zero-order chi connectivity index (χ0) is 21.4. The molecule has 0 heterocycles. The van der Waals surface area contributed by atoms with E-state index in [2.05, 4.69) is 55.7 Å². The lowest BCUT2D eigenvalue weighted by Gasteiger charge is -2.21. The number of carbonyl (C=O) groups excluding carboxylic acids is 2. The lowest BCUT2D eigenvalue weighted by atomic mass is 9.86. The lowest BCUT2D eigenvalue weighted by molar-refractivity contribution is -0.129. The fourth-order valence-electron chi connectivity index (χ4n) is 3.00. The van der Waals surface area contributed by atoms with Crippen LogP contribution in [0.5, 0.6) is 0 Å². The summed E-state index contributed by atoms with van der Waals surface area (Å²) in [6.07, 6.45) is 0.975. The predicted octanol–water partition coefficient (Wildman–Crippen LogP) is 4.05. The van der Waals surface area contributed by atoms with E-state index in [0.29, 0.717) is 6.54 Å². The zero-order valence-electron chi connectivity index (χ0n) is 18.2. The summed E-state index contributed by atoms with van der Waals surface area (Å²) in [6, 6.07) is 17.5. The maximum absolute atomic E-state index is 12.4. The molecule has 5 nitrogen and oxygen atoms in total. The van der Waals surface area contributed by atoms with Gasteiger partial charge in [-0.25, -0.2) is 4.79 Å². The normalized spacial score (nSPS) is 12.2. The molecule has 0 aromatic heterocycles. The van der Waals surface area contributed by atoms with Gasteiger partial charge in [0, 0.05) is 20.6 Å². The Morgan fingerprint density at radius 2 is 1.59 bits per heavy atom. The minimum atomic E-state index is -0.364. The lowest BCUT2D eigenvalue weighted by Crippen LogP contribution is -2.40. The molecule has 2 N–H and O–H groups in total. The van der Waals surface area contributed by atoms with Crippen molar-refractivity contribution >= 4 is 11.9 Å². The van der Waals surface area contributed by atoms with Gasteiger partial charge in [0.2, 0.25) is 5.91 Å². The Morgan fingerprint density at radius 3 is 2.14 bits per heavy atom. The second kappa shape index (κ2) is 10.1. The van der Waals surface area contributed by atoms with Crippen LogP contribution in [0, 0.1) is 0 Å². The second-order valence-corrected chi connectivity index (χ2v) is 8.55. The zero-order valence-corrected chi connectivity index (χ0v) is 18.2. The minimum Gasteiger partial charge on any atom is -0.349 e. The average molecular weight is 396 g/mol. The number of urea groups is 1. The van der Waals surface area contributed by atoms with Crippen LogP contribution in [0.1, 0.15) is 49.9 Å². The number of benzene rings is 2. The molecule has 1 unspecified atom stereocenters. The summed E-state index contributed by atoms with van der Waals surface area (Å²) in [5.41, 5.74) is 3.52. The molecule has 0 spiro atoms. The van der Waals surface area contributed by atoms with Crippen molar-refractivity contribution in [1.82, 2.24) is 15.5 Å². The highest BCUT2D eigenvalue weighted by molar-refractivity contribution is 5.79. The molecule has 5 heteroatoms. The molecular formula is C24H33N3O2. The van der Waals surface area contributed by atoms with E-state index in [9.17, 15) is 9.59 Å². The van der Waals surface area contributed by atoms with Crippen molar-refractivity contribution in [2.24, 2.45) is 0 Å². The van der Waals surface area contributed by atoms with Crippen LogP contribution in [0.4, 0.5) is 4.79 Å². The standard InChI is InChI=1S/C24H33N3O2/c1-24(2,3)20-13-11-18(12-14-20)15-16-25-23(29)26-21(17-22(28)27(4)5)19-9-7-6-8-10-19/h6-14,21H,15-17H2,1-5H3,(H2,25,26,29). The average Bonchev–Trinajstić information content (AvgIpc) is 2.67. The van der Waals surface area contributed by atoms with Crippen molar-refractivity contribution < 1.29 is 9.59 Å². The quantitative estimate of drug-likeness (QED) is 0.743. The molecule has 2 aromatic carbocycles. The topological polar surface area (TPSA) is 61.4 Å². The van der Waals surface area contributed by atoms with E-state index in [0.717, 1.165) is 12.0 Å². The summed E-state index contributed by atoms with van der Waals surface area (Å²) in [4.78, 5) is 26.1. The summed E-state index contributed by atoms with van der Waals surface area (Å²) >= 11 is 0. The van der Waals surface area contributed by atoms with Crippen LogP contribution in [0.3, 0.4) is 0 Å². The summed E-state index contributed by atoms with van der Waals surface area (Å²) in [6.45, 7) is 7.11. The van der Waals surface area contributed by atoms with Gasteiger partial charge in [-0.1, -0.05) is 75.4 Å². The fourth-order valence-corrected chi connectivity index (χ4v) is 3.00. The third-order valence-corrected chi connectivity index (χ3v) is 4.90. The monoisotopic (exact) mass is 395 g/mol. The first-order valence-corrected chi connectivity index (χ1v) is 10.1. The van der Waals surface area contributed by atoms with Gasteiger partial charge in [-0.3, -0.25) is 4.79 Å². The number of carbonyl (C=O) groups is 2. The van der Waals surface area contributed by atoms with Crippen LogP contribution in [0.15, 0.2) is 54.6 Å². The number of hydrogen-bond acceptors (Lipinski definition) is 2. The van der Waals surface area contributed by atoms with E-state index in [-0.39, 0.29) is 29.8 Å². The summed E-state index contributed by atoms with van der Waals surface area (Å²) in [7, 11) is 3.44. The van der Waals surface area contributed by atoms with Crippen LogP contribution in [0.2, 0.25) is 0 Å². The van der Waals surface area contributed by atoms with E-state index in [4.69, 9.17) is 0 Å². The number of hydrogen-bond donors (Lipinski definition) is 2. The molecule has 0 aliphatic carbocycles. The molecule has 156 valence electrons. The molecule has 2 aromatic rings. The first kappa shape index (κ1) is 22.5. The van der Waals surface area contributed by atoms with Crippen LogP contribution in [0.25, 0.3) is 0 Å². The Bertz CT molecular complexity index is 793. The summed E-state index contributed by atoms with van der Waals surface area (Å²) in [5.74, 6) is -0.0295. The number of amides is 3. The van der Waals surface area contributed by atoms with Gasteiger partial charge in [0.25, 0.3) is 0 Å². The molecule has 3 amide bonds. The first-order valence-electron chi connectivity index (χ1n) is 10.1. The van der Waals surface area contributed by atoms with Gasteiger partial charge in [-0.15, -0.1) is 0 Å². The van der Waals surface area contributed by atoms with E-state index >= 15 is 0 Å². The van der Waals surface area contributed by atoms with Gasteiger partial charge in [-0.05, 0) is 28.5 Å². The van der Waals surface area contributed by atoms with E-state index in [1.807, 2.05) is 30.3 Å². The van der Waals surface area contributed by atoms with E-state index < -0.39 is 0 Å². The minimum absolute atomic E-state index is 0.0295. The predicted molar refractivity (Wildman–Crippen MR) is 118 cm³/mol. The molecular weight excluding hydrogens is 362 g/mol. The molecule has 0 bridgehead atoms. The van der Waals surface area contributed by atoms with Gasteiger partial charge in [0.05, 0.1) is 12.5 Å². The Hall–Kier alpha value is -2.82. The van der Waals surface area contributed by atoms with Gasteiger partial charge in [-0.2, -0.15) is 0 Å². The number of nitrogens with zero attached hydrogens (tertiary/aromatic N) is 1. The summed E-state index contributed by atoms with van der Waals surface area (Å²) < 4.78 is 0. The fraction of sp³-hybridized carbons (Fsp3) is 0.417. The van der Waals surface area contributed by atoms with Crippen molar-refractivity contribution in [1.29, 1.82) is 0 Å². The van der Waals surface area contributed by atoms with Crippen molar-refractivity contribution in [3.63, 3.8) is 0 Å². The Balaban J connectivity index is 1.90. The van der Waals surface area contributed by atoms with Crippen LogP contribution in [-0.2, 0) is 16.6 Å². The summed E-state index contributed by atoms with van der Waals surface area (Å²) in [5, 5.41) is 5.84. The third kappa shape index (κ3) is 7.26. The number of rotatable bonds is 7. The maximum atomic E-state index is 12.4. The largest absolute Gasteiger partial charge is 0.349 e. The Labute approximate surface area is 174 Å². The van der Waals surface area contributed by atoms with E-state index in [1.165, 1.54) is 16.0 Å². The highest BCUT2D eigenvalue weighted by Crippen LogP contribution is 2.22. The molecule has 2 rings (SSSR count). The van der Waals surface area contributed by atoms with Crippen molar-refractivity contribution in [2.75, 3.05) is 20.6 Å². The molecule has 29 heavy (non-hydrogen) atoms. The highest BCUT2D eigenvalue weighted by atomic mass is 16.2. The SMILES string of the molecule is CN(C)C(=O)CC(NC(=O)NCCc1ccc(C(C)(C)C)cc1)c1ccccc1. The maximum Gasteiger partial charge on any atom is 0.315 e. The molecule has 0 aliphatic heterocycles. The van der Waals surface area contributed by atoms with Gasteiger partial charge in [0.15, 0.2) is 0 Å². The smallest absolute Gasteiger partial charge is 0.315 e. The van der Waals surface area contributed by atoms with Gasteiger partial charge < -0.3 is 15.5 Å². The second-order valence-electron chi connectivity index (χ2n) is 8.55. The molecule has 0 saturated heterocycles. The van der Waals surface area contributed by atoms with Crippen molar-refractivity contribution in [3.05, 3.63) is 71.3 Å². The molecule has 1 atom stereocenters. The molecule has 0 radical (unpaired) electrons. The molecule has 0 fully saturated rings. The number of nitrogens with one attached hydrogen (secondary N) is 2. The van der Waals surface area contributed by atoms with Crippen LogP contribution < -0.4 is 10.6 Å².